The van der Waals surface area contributed by atoms with Gasteiger partial charge in [-0.1, -0.05) is 25.1 Å². The fourth-order valence-electron chi connectivity index (χ4n) is 2.98. The zero-order chi connectivity index (χ0) is 17.1. The molecular weight excluding hydrogens is 304 g/mol. The van der Waals surface area contributed by atoms with Crippen LogP contribution in [-0.4, -0.2) is 29.1 Å². The number of carbonyl (C=O) groups excluding carboxylic acids is 1. The van der Waals surface area contributed by atoms with E-state index < -0.39 is 0 Å². The fraction of sp³-hybridized carbons (Fsp3) is 0.500. The highest BCUT2D eigenvalue weighted by Crippen LogP contribution is 2.22. The normalized spacial score (nSPS) is 14.4. The van der Waals surface area contributed by atoms with Crippen LogP contribution in [0.3, 0.4) is 0 Å². The van der Waals surface area contributed by atoms with Crippen molar-refractivity contribution in [2.24, 2.45) is 0 Å². The second-order valence-corrected chi connectivity index (χ2v) is 6.56. The highest BCUT2D eigenvalue weighted by Gasteiger charge is 2.22. The Kier molecular flexibility index (Phi) is 4.83. The van der Waals surface area contributed by atoms with Crippen LogP contribution in [0.25, 0.3) is 0 Å². The van der Waals surface area contributed by atoms with Crippen molar-refractivity contribution >= 4 is 11.7 Å². The van der Waals surface area contributed by atoms with Crippen LogP contribution in [0.4, 0.5) is 5.82 Å². The lowest BCUT2D eigenvalue weighted by Gasteiger charge is -2.16. The number of hydrogen-bond donors (Lipinski definition) is 1. The minimum absolute atomic E-state index is 0.119. The molecule has 0 saturated carbocycles. The summed E-state index contributed by atoms with van der Waals surface area (Å²) in [6.07, 6.45) is 4.29. The maximum Gasteiger partial charge on any atom is 0.257 e. The molecular formula is C18H24N4O2. The SMILES string of the molecule is Cc1noc(C(C)C)c1C(=O)NCc1ccc(N2CCCC2)nc1. The number of aryl methyl sites for hydroxylation is 1. The number of amides is 1. The van der Waals surface area contributed by atoms with E-state index in [-0.39, 0.29) is 11.8 Å². The van der Waals surface area contributed by atoms with Crippen LogP contribution in [0.5, 0.6) is 0 Å². The second kappa shape index (κ2) is 7.03. The van der Waals surface area contributed by atoms with Crippen LogP contribution < -0.4 is 10.2 Å². The molecule has 3 rings (SSSR count). The first-order valence-corrected chi connectivity index (χ1v) is 8.50. The van der Waals surface area contributed by atoms with Gasteiger partial charge >= 0.3 is 0 Å². The van der Waals surface area contributed by atoms with Crippen molar-refractivity contribution < 1.29 is 9.32 Å². The number of rotatable bonds is 5. The average molecular weight is 328 g/mol. The van der Waals surface area contributed by atoms with Crippen LogP contribution in [0.15, 0.2) is 22.9 Å². The maximum atomic E-state index is 12.5. The van der Waals surface area contributed by atoms with Crippen molar-refractivity contribution in [3.05, 3.63) is 40.9 Å². The van der Waals surface area contributed by atoms with Gasteiger partial charge in [0.1, 0.15) is 11.4 Å². The molecule has 1 amide bonds. The van der Waals surface area contributed by atoms with Crippen molar-refractivity contribution in [3.8, 4) is 0 Å². The zero-order valence-electron chi connectivity index (χ0n) is 14.5. The molecule has 2 aromatic heterocycles. The Morgan fingerprint density at radius 1 is 1.33 bits per heavy atom. The smallest absolute Gasteiger partial charge is 0.257 e. The van der Waals surface area contributed by atoms with Crippen LogP contribution in [0.2, 0.25) is 0 Å². The number of aromatic nitrogens is 2. The van der Waals surface area contributed by atoms with Crippen molar-refractivity contribution in [1.82, 2.24) is 15.5 Å². The fourth-order valence-corrected chi connectivity index (χ4v) is 2.98. The molecule has 0 bridgehead atoms. The maximum absolute atomic E-state index is 12.5. The molecule has 0 atom stereocenters. The summed E-state index contributed by atoms with van der Waals surface area (Å²) in [4.78, 5) is 19.3. The summed E-state index contributed by atoms with van der Waals surface area (Å²) in [6.45, 7) is 8.35. The van der Waals surface area contributed by atoms with Gasteiger partial charge in [-0.3, -0.25) is 4.79 Å². The summed E-state index contributed by atoms with van der Waals surface area (Å²) in [5.74, 6) is 1.61. The number of anilines is 1. The molecule has 0 aromatic carbocycles. The van der Waals surface area contributed by atoms with Crippen molar-refractivity contribution in [2.75, 3.05) is 18.0 Å². The van der Waals surface area contributed by atoms with E-state index in [0.29, 0.717) is 23.6 Å². The topological polar surface area (TPSA) is 71.3 Å². The van der Waals surface area contributed by atoms with E-state index in [1.54, 1.807) is 6.92 Å². The Balaban J connectivity index is 1.63. The molecule has 0 unspecified atom stereocenters. The lowest BCUT2D eigenvalue weighted by Crippen LogP contribution is -2.24. The van der Waals surface area contributed by atoms with Crippen molar-refractivity contribution in [3.63, 3.8) is 0 Å². The van der Waals surface area contributed by atoms with E-state index in [0.717, 1.165) is 24.5 Å². The highest BCUT2D eigenvalue weighted by molar-refractivity contribution is 5.96. The summed E-state index contributed by atoms with van der Waals surface area (Å²) in [7, 11) is 0. The largest absolute Gasteiger partial charge is 0.360 e. The van der Waals surface area contributed by atoms with Crippen molar-refractivity contribution in [1.29, 1.82) is 0 Å². The Hall–Kier alpha value is -2.37. The Labute approximate surface area is 142 Å². The molecule has 2 aromatic rings. The first-order chi connectivity index (χ1) is 11.6. The monoisotopic (exact) mass is 328 g/mol. The molecule has 1 aliphatic rings. The van der Waals surface area contributed by atoms with Gasteiger partial charge in [-0.25, -0.2) is 4.98 Å². The third-order valence-electron chi connectivity index (χ3n) is 4.33. The van der Waals surface area contributed by atoms with Crippen LogP contribution in [0, 0.1) is 6.92 Å². The second-order valence-electron chi connectivity index (χ2n) is 6.56. The summed E-state index contributed by atoms with van der Waals surface area (Å²) in [5, 5.41) is 6.85. The van der Waals surface area contributed by atoms with Crippen LogP contribution >= 0.6 is 0 Å². The van der Waals surface area contributed by atoms with Gasteiger partial charge < -0.3 is 14.7 Å². The molecule has 3 heterocycles. The lowest BCUT2D eigenvalue weighted by atomic mass is 10.0. The van der Waals surface area contributed by atoms with Gasteiger partial charge in [-0.05, 0) is 31.4 Å². The predicted octanol–water partition coefficient (Wildman–Crippen LogP) is 3.03. The molecule has 0 spiro atoms. The zero-order valence-corrected chi connectivity index (χ0v) is 14.5. The van der Waals surface area contributed by atoms with Gasteiger partial charge in [0.15, 0.2) is 5.76 Å². The molecule has 1 saturated heterocycles. The van der Waals surface area contributed by atoms with E-state index in [4.69, 9.17) is 4.52 Å². The Bertz CT molecular complexity index is 700. The molecule has 0 radical (unpaired) electrons. The summed E-state index contributed by atoms with van der Waals surface area (Å²) in [5.41, 5.74) is 2.15. The number of nitrogens with one attached hydrogen (secondary N) is 1. The van der Waals surface area contributed by atoms with E-state index in [9.17, 15) is 4.79 Å². The van der Waals surface area contributed by atoms with Gasteiger partial charge in [0, 0.05) is 31.7 Å². The first kappa shape index (κ1) is 16.5. The molecule has 0 aliphatic carbocycles. The molecule has 24 heavy (non-hydrogen) atoms. The number of hydrogen-bond acceptors (Lipinski definition) is 5. The number of pyridine rings is 1. The third kappa shape index (κ3) is 3.42. The van der Waals surface area contributed by atoms with E-state index in [2.05, 4.69) is 20.4 Å². The molecule has 1 N–H and O–H groups in total. The summed E-state index contributed by atoms with van der Waals surface area (Å²) in [6, 6.07) is 4.04. The van der Waals surface area contributed by atoms with Crippen LogP contribution in [0.1, 0.15) is 60.0 Å². The summed E-state index contributed by atoms with van der Waals surface area (Å²) >= 11 is 0. The van der Waals surface area contributed by atoms with E-state index in [1.165, 1.54) is 12.8 Å². The van der Waals surface area contributed by atoms with Gasteiger partial charge in [0.25, 0.3) is 5.91 Å². The van der Waals surface area contributed by atoms with Gasteiger partial charge in [0.2, 0.25) is 0 Å². The summed E-state index contributed by atoms with van der Waals surface area (Å²) < 4.78 is 5.27. The van der Waals surface area contributed by atoms with E-state index >= 15 is 0 Å². The average Bonchev–Trinajstić information content (AvgIpc) is 3.22. The lowest BCUT2D eigenvalue weighted by molar-refractivity contribution is 0.0948. The molecule has 1 fully saturated rings. The third-order valence-corrected chi connectivity index (χ3v) is 4.33. The predicted molar refractivity (Wildman–Crippen MR) is 92.2 cm³/mol. The number of carbonyl (C=O) groups is 1. The Morgan fingerprint density at radius 2 is 2.08 bits per heavy atom. The quantitative estimate of drug-likeness (QED) is 0.913. The van der Waals surface area contributed by atoms with E-state index in [1.807, 2.05) is 32.2 Å². The standard InChI is InChI=1S/C18H24N4O2/c1-12(2)17-16(13(3)21-24-17)18(23)20-11-14-6-7-15(19-10-14)22-8-4-5-9-22/h6-7,10,12H,4-5,8-9,11H2,1-3H3,(H,20,23). The van der Waals surface area contributed by atoms with Gasteiger partial charge in [0.05, 0.1) is 5.69 Å². The Morgan fingerprint density at radius 3 is 2.71 bits per heavy atom. The molecule has 1 aliphatic heterocycles. The molecule has 6 heteroatoms. The van der Waals surface area contributed by atoms with Gasteiger partial charge in [-0.15, -0.1) is 0 Å². The number of nitrogens with zero attached hydrogens (tertiary/aromatic N) is 3. The molecule has 128 valence electrons. The molecule has 6 nitrogen and oxygen atoms in total. The van der Waals surface area contributed by atoms with Gasteiger partial charge in [-0.2, -0.15) is 0 Å². The van der Waals surface area contributed by atoms with Crippen LogP contribution in [-0.2, 0) is 6.54 Å². The first-order valence-electron chi connectivity index (χ1n) is 8.50. The minimum atomic E-state index is -0.152. The van der Waals surface area contributed by atoms with Crippen molar-refractivity contribution in [2.45, 2.75) is 46.1 Å². The minimum Gasteiger partial charge on any atom is -0.360 e. The highest BCUT2D eigenvalue weighted by atomic mass is 16.5.